The fourth-order valence-electron chi connectivity index (χ4n) is 3.00. The van der Waals surface area contributed by atoms with E-state index in [1.807, 2.05) is 0 Å². The highest BCUT2D eigenvalue weighted by Gasteiger charge is 2.36. The van der Waals surface area contributed by atoms with Crippen LogP contribution in [0.1, 0.15) is 24.5 Å². The van der Waals surface area contributed by atoms with Gasteiger partial charge in [0.1, 0.15) is 12.2 Å². The summed E-state index contributed by atoms with van der Waals surface area (Å²) in [7, 11) is 0. The van der Waals surface area contributed by atoms with Gasteiger partial charge in [-0.25, -0.2) is 13.2 Å². The van der Waals surface area contributed by atoms with Crippen molar-refractivity contribution >= 4 is 0 Å². The number of halogens is 3. The molecule has 3 unspecified atom stereocenters. The van der Waals surface area contributed by atoms with E-state index in [1.54, 1.807) is 0 Å². The summed E-state index contributed by atoms with van der Waals surface area (Å²) < 4.78 is 45.4. The smallest absolute Gasteiger partial charge is 0.194 e. The zero-order valence-corrected chi connectivity index (χ0v) is 10.9. The van der Waals surface area contributed by atoms with E-state index in [0.29, 0.717) is 19.2 Å². The number of fused-ring (bicyclic) bond motifs is 1. The minimum atomic E-state index is -1.56. The first-order valence-electron chi connectivity index (χ1n) is 6.75. The number of benzene rings is 1. The molecule has 0 spiro atoms. The van der Waals surface area contributed by atoms with Gasteiger partial charge in [0.25, 0.3) is 0 Å². The Hall–Kier alpha value is -1.11. The van der Waals surface area contributed by atoms with Crippen LogP contribution in [0.15, 0.2) is 12.1 Å². The Balaban J connectivity index is 1.79. The number of hydrogen-bond donors (Lipinski definition) is 1. The van der Waals surface area contributed by atoms with E-state index < -0.39 is 29.7 Å². The highest BCUT2D eigenvalue weighted by atomic mass is 19.2. The molecule has 0 saturated carbocycles. The second kappa shape index (κ2) is 5.35. The van der Waals surface area contributed by atoms with Crippen molar-refractivity contribution in [1.29, 1.82) is 0 Å². The SMILES string of the molecule is OC(c1ccc(F)c(F)c1F)C1CN2CCCC2CO1. The average Bonchev–Trinajstić information content (AvgIpc) is 2.91. The number of aliphatic hydroxyl groups is 1. The van der Waals surface area contributed by atoms with Crippen LogP contribution in [0.5, 0.6) is 0 Å². The van der Waals surface area contributed by atoms with E-state index in [2.05, 4.69) is 4.90 Å². The molecule has 3 nitrogen and oxygen atoms in total. The Morgan fingerprint density at radius 3 is 2.85 bits per heavy atom. The Morgan fingerprint density at radius 1 is 1.25 bits per heavy atom. The summed E-state index contributed by atoms with van der Waals surface area (Å²) in [6.45, 7) is 1.88. The quantitative estimate of drug-likeness (QED) is 0.845. The summed E-state index contributed by atoms with van der Waals surface area (Å²) in [6, 6.07) is 2.24. The van der Waals surface area contributed by atoms with E-state index in [4.69, 9.17) is 4.74 Å². The van der Waals surface area contributed by atoms with Crippen LogP contribution in [-0.4, -0.2) is 41.8 Å². The first-order valence-corrected chi connectivity index (χ1v) is 6.75. The van der Waals surface area contributed by atoms with Gasteiger partial charge in [0.15, 0.2) is 17.5 Å². The summed E-state index contributed by atoms with van der Waals surface area (Å²) in [6.07, 6.45) is 0.217. The lowest BCUT2D eigenvalue weighted by molar-refractivity contribution is -0.104. The van der Waals surface area contributed by atoms with Crippen molar-refractivity contribution in [2.75, 3.05) is 19.7 Å². The summed E-state index contributed by atoms with van der Waals surface area (Å²) in [5.74, 6) is -4.16. The fourth-order valence-corrected chi connectivity index (χ4v) is 3.00. The van der Waals surface area contributed by atoms with Crippen molar-refractivity contribution in [1.82, 2.24) is 4.90 Å². The summed E-state index contributed by atoms with van der Waals surface area (Å²) in [5.41, 5.74) is -0.258. The van der Waals surface area contributed by atoms with E-state index in [-0.39, 0.29) is 5.56 Å². The van der Waals surface area contributed by atoms with Gasteiger partial charge < -0.3 is 9.84 Å². The molecule has 1 aromatic carbocycles. The lowest BCUT2D eigenvalue weighted by Gasteiger charge is -2.37. The number of rotatable bonds is 2. The van der Waals surface area contributed by atoms with Crippen LogP contribution in [0.3, 0.4) is 0 Å². The van der Waals surface area contributed by atoms with Crippen molar-refractivity contribution in [2.24, 2.45) is 0 Å². The summed E-state index contributed by atoms with van der Waals surface area (Å²) in [4.78, 5) is 2.19. The van der Waals surface area contributed by atoms with Gasteiger partial charge in [-0.3, -0.25) is 4.90 Å². The van der Waals surface area contributed by atoms with Gasteiger partial charge in [0.05, 0.1) is 6.61 Å². The molecular weight excluding hydrogens is 271 g/mol. The normalized spacial score (nSPS) is 28.4. The standard InChI is InChI=1S/C14H16F3NO2/c15-10-4-3-9(12(16)13(10)17)14(19)11-6-18-5-1-2-8(18)7-20-11/h3-4,8,11,14,19H,1-2,5-7H2. The van der Waals surface area contributed by atoms with Gasteiger partial charge in [0, 0.05) is 18.2 Å². The number of hydrogen-bond acceptors (Lipinski definition) is 3. The Bertz CT molecular complexity index is 511. The maximum atomic E-state index is 13.7. The van der Waals surface area contributed by atoms with Gasteiger partial charge >= 0.3 is 0 Å². The second-order valence-electron chi connectivity index (χ2n) is 5.37. The Morgan fingerprint density at radius 2 is 2.05 bits per heavy atom. The highest BCUT2D eigenvalue weighted by molar-refractivity contribution is 5.23. The van der Waals surface area contributed by atoms with E-state index in [1.165, 1.54) is 0 Å². The fraction of sp³-hybridized carbons (Fsp3) is 0.571. The second-order valence-corrected chi connectivity index (χ2v) is 5.37. The maximum absolute atomic E-state index is 13.7. The molecule has 0 amide bonds. The molecule has 2 aliphatic rings. The third-order valence-electron chi connectivity index (χ3n) is 4.15. The minimum Gasteiger partial charge on any atom is -0.386 e. The molecule has 0 bridgehead atoms. The molecular formula is C14H16F3NO2. The van der Waals surface area contributed by atoms with E-state index >= 15 is 0 Å². The lowest BCUT2D eigenvalue weighted by atomic mass is 10.0. The molecule has 1 aromatic rings. The number of morpholine rings is 1. The molecule has 2 aliphatic heterocycles. The van der Waals surface area contributed by atoms with Gasteiger partial charge in [-0.1, -0.05) is 6.07 Å². The van der Waals surface area contributed by atoms with Crippen molar-refractivity contribution in [3.63, 3.8) is 0 Å². The van der Waals surface area contributed by atoms with Crippen molar-refractivity contribution in [2.45, 2.75) is 31.1 Å². The number of ether oxygens (including phenoxy) is 1. The van der Waals surface area contributed by atoms with Crippen LogP contribution in [0.2, 0.25) is 0 Å². The van der Waals surface area contributed by atoms with Gasteiger partial charge in [-0.15, -0.1) is 0 Å². The van der Waals surface area contributed by atoms with Crippen LogP contribution in [0.4, 0.5) is 13.2 Å². The molecule has 20 heavy (non-hydrogen) atoms. The van der Waals surface area contributed by atoms with Crippen LogP contribution in [-0.2, 0) is 4.74 Å². The van der Waals surface area contributed by atoms with Crippen LogP contribution < -0.4 is 0 Å². The van der Waals surface area contributed by atoms with Crippen molar-refractivity contribution in [3.05, 3.63) is 35.1 Å². The molecule has 3 rings (SSSR count). The zero-order valence-electron chi connectivity index (χ0n) is 10.9. The molecule has 0 aromatic heterocycles. The Labute approximate surface area is 115 Å². The van der Waals surface area contributed by atoms with Gasteiger partial charge in [-0.2, -0.15) is 0 Å². The van der Waals surface area contributed by atoms with Crippen LogP contribution >= 0.6 is 0 Å². The molecule has 3 atom stereocenters. The maximum Gasteiger partial charge on any atom is 0.194 e. The third kappa shape index (κ3) is 2.32. The lowest BCUT2D eigenvalue weighted by Crippen LogP contribution is -2.48. The average molecular weight is 287 g/mol. The molecule has 6 heteroatoms. The van der Waals surface area contributed by atoms with Gasteiger partial charge in [0.2, 0.25) is 0 Å². The molecule has 0 aliphatic carbocycles. The predicted molar refractivity (Wildman–Crippen MR) is 65.6 cm³/mol. The number of aliphatic hydroxyl groups excluding tert-OH is 1. The largest absolute Gasteiger partial charge is 0.386 e. The topological polar surface area (TPSA) is 32.7 Å². The minimum absolute atomic E-state index is 0.258. The zero-order chi connectivity index (χ0) is 14.3. The van der Waals surface area contributed by atoms with Crippen LogP contribution in [0.25, 0.3) is 0 Å². The highest BCUT2D eigenvalue weighted by Crippen LogP contribution is 2.30. The molecule has 2 heterocycles. The van der Waals surface area contributed by atoms with E-state index in [0.717, 1.165) is 31.5 Å². The Kier molecular flexibility index (Phi) is 3.70. The summed E-state index contributed by atoms with van der Waals surface area (Å²) >= 11 is 0. The number of nitrogens with zero attached hydrogens (tertiary/aromatic N) is 1. The predicted octanol–water partition coefficient (Wildman–Crippen LogP) is 2.00. The van der Waals surface area contributed by atoms with Crippen molar-refractivity contribution < 1.29 is 23.0 Å². The molecule has 1 N–H and O–H groups in total. The molecule has 2 saturated heterocycles. The van der Waals surface area contributed by atoms with Crippen molar-refractivity contribution in [3.8, 4) is 0 Å². The third-order valence-corrected chi connectivity index (χ3v) is 4.15. The first-order chi connectivity index (χ1) is 9.58. The van der Waals surface area contributed by atoms with Gasteiger partial charge in [-0.05, 0) is 25.5 Å². The monoisotopic (exact) mass is 287 g/mol. The molecule has 2 fully saturated rings. The van der Waals surface area contributed by atoms with Crippen LogP contribution in [0, 0.1) is 17.5 Å². The summed E-state index contributed by atoms with van der Waals surface area (Å²) in [5, 5.41) is 10.2. The molecule has 110 valence electrons. The first kappa shape index (κ1) is 13.9. The van der Waals surface area contributed by atoms with E-state index in [9.17, 15) is 18.3 Å². The molecule has 0 radical (unpaired) electrons.